The van der Waals surface area contributed by atoms with Crippen LogP contribution in [0.2, 0.25) is 0 Å². The third-order valence-corrected chi connectivity index (χ3v) is 3.84. The smallest absolute Gasteiger partial charge is 0.134 e. The van der Waals surface area contributed by atoms with Crippen LogP contribution >= 0.6 is 0 Å². The van der Waals surface area contributed by atoms with E-state index in [1.54, 1.807) is 0 Å². The Balaban J connectivity index is 1.65. The van der Waals surface area contributed by atoms with Crippen molar-refractivity contribution in [2.24, 2.45) is 11.7 Å². The first-order chi connectivity index (χ1) is 8.72. The molecule has 3 nitrogen and oxygen atoms in total. The van der Waals surface area contributed by atoms with Gasteiger partial charge in [0, 0.05) is 30.1 Å². The fourth-order valence-electron chi connectivity index (χ4n) is 2.89. The highest BCUT2D eigenvalue weighted by Gasteiger charge is 2.26. The number of furan rings is 1. The molecule has 0 radical (unpaired) electrons. The van der Waals surface area contributed by atoms with E-state index in [4.69, 9.17) is 10.2 Å². The molecule has 1 aliphatic carbocycles. The zero-order valence-corrected chi connectivity index (χ0v) is 10.8. The van der Waals surface area contributed by atoms with Gasteiger partial charge in [0.15, 0.2) is 0 Å². The molecule has 0 unspecified atom stereocenters. The predicted molar refractivity (Wildman–Crippen MR) is 73.2 cm³/mol. The van der Waals surface area contributed by atoms with Crippen molar-refractivity contribution < 1.29 is 4.42 Å². The van der Waals surface area contributed by atoms with Gasteiger partial charge in [0.1, 0.15) is 5.58 Å². The second-order valence-electron chi connectivity index (χ2n) is 5.55. The van der Waals surface area contributed by atoms with E-state index in [1.165, 1.54) is 23.8 Å². The minimum atomic E-state index is 0.443. The Hall–Kier alpha value is -1.32. The molecule has 3 heteroatoms. The maximum Gasteiger partial charge on any atom is 0.134 e. The zero-order chi connectivity index (χ0) is 12.5. The summed E-state index contributed by atoms with van der Waals surface area (Å²) in [4.78, 5) is 2.37. The number of hydrogen-bond acceptors (Lipinski definition) is 3. The summed E-state index contributed by atoms with van der Waals surface area (Å²) >= 11 is 0. The first kappa shape index (κ1) is 11.8. The van der Waals surface area contributed by atoms with Crippen LogP contribution in [0.5, 0.6) is 0 Å². The van der Waals surface area contributed by atoms with Crippen molar-refractivity contribution in [3.8, 4) is 0 Å². The Morgan fingerprint density at radius 3 is 2.89 bits per heavy atom. The fraction of sp³-hybridized carbons (Fsp3) is 0.467. The summed E-state index contributed by atoms with van der Waals surface area (Å²) < 4.78 is 5.57. The van der Waals surface area contributed by atoms with Gasteiger partial charge >= 0.3 is 0 Å². The molecule has 18 heavy (non-hydrogen) atoms. The van der Waals surface area contributed by atoms with Crippen LogP contribution in [0, 0.1) is 5.92 Å². The van der Waals surface area contributed by atoms with Crippen molar-refractivity contribution in [1.29, 1.82) is 0 Å². The van der Waals surface area contributed by atoms with E-state index in [-0.39, 0.29) is 0 Å². The fourth-order valence-corrected chi connectivity index (χ4v) is 2.89. The Kier molecular flexibility index (Phi) is 3.10. The van der Waals surface area contributed by atoms with Gasteiger partial charge in [-0.15, -0.1) is 0 Å². The molecule has 2 N–H and O–H groups in total. The standard InChI is InChI=1S/C15H20N2O/c1-17(8-11-6-13(16)7-11)9-12-10-18-15-5-3-2-4-14(12)15/h2-5,10-11,13H,6-9,16H2,1H3. The van der Waals surface area contributed by atoms with Gasteiger partial charge < -0.3 is 15.1 Å². The molecule has 0 bridgehead atoms. The van der Waals surface area contributed by atoms with Crippen molar-refractivity contribution in [2.75, 3.05) is 13.6 Å². The molecule has 0 aliphatic heterocycles. The molecule has 0 amide bonds. The van der Waals surface area contributed by atoms with Gasteiger partial charge in [-0.05, 0) is 31.9 Å². The second-order valence-corrected chi connectivity index (χ2v) is 5.55. The molecule has 0 saturated heterocycles. The molecule has 2 aromatic rings. The molecular weight excluding hydrogens is 224 g/mol. The number of nitrogens with two attached hydrogens (primary N) is 1. The normalized spacial score (nSPS) is 23.5. The van der Waals surface area contributed by atoms with Gasteiger partial charge in [0.05, 0.1) is 6.26 Å². The number of rotatable bonds is 4. The molecule has 96 valence electrons. The van der Waals surface area contributed by atoms with Gasteiger partial charge in [0.25, 0.3) is 0 Å². The highest BCUT2D eigenvalue weighted by molar-refractivity contribution is 5.80. The van der Waals surface area contributed by atoms with Gasteiger partial charge in [-0.25, -0.2) is 0 Å². The third kappa shape index (κ3) is 2.28. The highest BCUT2D eigenvalue weighted by atomic mass is 16.3. The van der Waals surface area contributed by atoms with Crippen LogP contribution in [-0.2, 0) is 6.54 Å². The van der Waals surface area contributed by atoms with Crippen molar-refractivity contribution in [2.45, 2.75) is 25.4 Å². The average molecular weight is 244 g/mol. The molecule has 0 atom stereocenters. The van der Waals surface area contributed by atoms with Gasteiger partial charge in [-0.2, -0.15) is 0 Å². The highest BCUT2D eigenvalue weighted by Crippen LogP contribution is 2.27. The number of fused-ring (bicyclic) bond motifs is 1. The van der Waals surface area contributed by atoms with Crippen LogP contribution in [-0.4, -0.2) is 24.5 Å². The van der Waals surface area contributed by atoms with Gasteiger partial charge in [-0.3, -0.25) is 0 Å². The summed E-state index contributed by atoms with van der Waals surface area (Å²) in [5.74, 6) is 0.781. The lowest BCUT2D eigenvalue weighted by Crippen LogP contribution is -2.41. The Morgan fingerprint density at radius 1 is 1.33 bits per heavy atom. The first-order valence-electron chi connectivity index (χ1n) is 6.61. The van der Waals surface area contributed by atoms with Crippen molar-refractivity contribution >= 4 is 11.0 Å². The zero-order valence-electron chi connectivity index (χ0n) is 10.8. The number of para-hydroxylation sites is 1. The van der Waals surface area contributed by atoms with Crippen molar-refractivity contribution in [3.05, 3.63) is 36.1 Å². The Labute approximate surface area is 108 Å². The summed E-state index contributed by atoms with van der Waals surface area (Å²) in [6, 6.07) is 8.66. The average Bonchev–Trinajstić information content (AvgIpc) is 2.71. The van der Waals surface area contributed by atoms with E-state index >= 15 is 0 Å². The lowest BCUT2D eigenvalue weighted by Gasteiger charge is -2.35. The monoisotopic (exact) mass is 244 g/mol. The number of hydrogen-bond donors (Lipinski definition) is 1. The molecule has 3 rings (SSSR count). The summed E-state index contributed by atoms with van der Waals surface area (Å²) in [6.45, 7) is 2.08. The minimum absolute atomic E-state index is 0.443. The summed E-state index contributed by atoms with van der Waals surface area (Å²) in [5, 5.41) is 1.23. The summed E-state index contributed by atoms with van der Waals surface area (Å²) in [7, 11) is 2.17. The van der Waals surface area contributed by atoms with E-state index in [0.29, 0.717) is 6.04 Å². The number of nitrogens with zero attached hydrogens (tertiary/aromatic N) is 1. The molecular formula is C15H20N2O. The molecule has 1 aliphatic rings. The maximum atomic E-state index is 5.82. The van der Waals surface area contributed by atoms with Gasteiger partial charge in [-0.1, -0.05) is 18.2 Å². The van der Waals surface area contributed by atoms with Crippen molar-refractivity contribution in [3.63, 3.8) is 0 Å². The first-order valence-corrected chi connectivity index (χ1v) is 6.61. The van der Waals surface area contributed by atoms with Crippen LogP contribution in [0.15, 0.2) is 34.9 Å². The summed E-state index contributed by atoms with van der Waals surface area (Å²) in [5.41, 5.74) is 8.07. The maximum absolute atomic E-state index is 5.82. The van der Waals surface area contributed by atoms with Crippen molar-refractivity contribution in [1.82, 2.24) is 4.90 Å². The largest absolute Gasteiger partial charge is 0.464 e. The Morgan fingerprint density at radius 2 is 2.11 bits per heavy atom. The number of benzene rings is 1. The predicted octanol–water partition coefficient (Wildman–Crippen LogP) is 2.60. The van der Waals surface area contributed by atoms with E-state index < -0.39 is 0 Å². The Bertz CT molecular complexity index is 528. The minimum Gasteiger partial charge on any atom is -0.464 e. The van der Waals surface area contributed by atoms with E-state index in [2.05, 4.69) is 24.1 Å². The summed E-state index contributed by atoms with van der Waals surface area (Å²) in [6.07, 6.45) is 4.24. The van der Waals surface area contributed by atoms with E-state index in [9.17, 15) is 0 Å². The van der Waals surface area contributed by atoms with Crippen LogP contribution in [0.25, 0.3) is 11.0 Å². The molecule has 1 aromatic carbocycles. The van der Waals surface area contributed by atoms with Crippen LogP contribution in [0.4, 0.5) is 0 Å². The lowest BCUT2D eigenvalue weighted by atomic mass is 9.80. The van der Waals surface area contributed by atoms with E-state index in [0.717, 1.165) is 24.6 Å². The molecule has 1 saturated carbocycles. The molecule has 1 heterocycles. The molecule has 1 aromatic heterocycles. The SMILES string of the molecule is CN(Cc1coc2ccccc12)CC1CC(N)C1. The molecule has 0 spiro atoms. The second kappa shape index (κ2) is 4.75. The quantitative estimate of drug-likeness (QED) is 0.899. The van der Waals surface area contributed by atoms with E-state index in [1.807, 2.05) is 18.4 Å². The lowest BCUT2D eigenvalue weighted by molar-refractivity contribution is 0.178. The topological polar surface area (TPSA) is 42.4 Å². The van der Waals surface area contributed by atoms with Crippen LogP contribution < -0.4 is 5.73 Å². The molecule has 1 fully saturated rings. The van der Waals surface area contributed by atoms with Crippen LogP contribution in [0.1, 0.15) is 18.4 Å². The van der Waals surface area contributed by atoms with Crippen LogP contribution in [0.3, 0.4) is 0 Å². The van der Waals surface area contributed by atoms with Gasteiger partial charge in [0.2, 0.25) is 0 Å². The third-order valence-electron chi connectivity index (χ3n) is 3.84.